The summed E-state index contributed by atoms with van der Waals surface area (Å²) < 4.78 is 18.7. The van der Waals surface area contributed by atoms with Crippen molar-refractivity contribution in [2.75, 3.05) is 20.3 Å². The average Bonchev–Trinajstić information content (AvgIpc) is 2.44. The molecular formula is C16H24FNO3. The largest absolute Gasteiger partial charge is 0.497 e. The monoisotopic (exact) mass is 297 g/mol. The molecule has 0 radical (unpaired) electrons. The summed E-state index contributed by atoms with van der Waals surface area (Å²) in [5, 5.41) is 11.8. The molecule has 0 heterocycles. The van der Waals surface area contributed by atoms with Crippen molar-refractivity contribution in [3.63, 3.8) is 0 Å². The van der Waals surface area contributed by atoms with Crippen LogP contribution in [-0.2, 0) is 0 Å². The van der Waals surface area contributed by atoms with Gasteiger partial charge in [0.1, 0.15) is 11.6 Å². The number of hydrogen-bond donors (Lipinski definition) is 2. The van der Waals surface area contributed by atoms with Gasteiger partial charge < -0.3 is 15.2 Å². The molecule has 1 aromatic carbocycles. The van der Waals surface area contributed by atoms with E-state index in [1.807, 2.05) is 0 Å². The predicted molar refractivity (Wildman–Crippen MR) is 79.9 cm³/mol. The van der Waals surface area contributed by atoms with Gasteiger partial charge in [-0.25, -0.2) is 4.39 Å². The van der Waals surface area contributed by atoms with Gasteiger partial charge in [-0.15, -0.1) is 0 Å². The van der Waals surface area contributed by atoms with Crippen LogP contribution in [0.4, 0.5) is 4.39 Å². The molecular weight excluding hydrogens is 273 g/mol. The summed E-state index contributed by atoms with van der Waals surface area (Å²) in [6.45, 7) is 4.71. The fourth-order valence-electron chi connectivity index (χ4n) is 2.29. The van der Waals surface area contributed by atoms with Gasteiger partial charge in [0.25, 0.3) is 5.91 Å². The minimum atomic E-state index is -0.602. The standard InChI is InChI=1S/C16H24FNO3/c1-11(2)8-12(6-7-19)10-18-16(20)14-5-4-13(21-3)9-15(14)17/h4-5,9,11-12,19H,6-8,10H2,1-3H3,(H,18,20). The molecule has 118 valence electrons. The number of aliphatic hydroxyl groups is 1. The zero-order valence-corrected chi connectivity index (χ0v) is 12.9. The third kappa shape index (κ3) is 5.71. The maximum Gasteiger partial charge on any atom is 0.254 e. The minimum Gasteiger partial charge on any atom is -0.497 e. The van der Waals surface area contributed by atoms with Crippen LogP contribution >= 0.6 is 0 Å². The van der Waals surface area contributed by atoms with Crippen molar-refractivity contribution in [1.82, 2.24) is 5.32 Å². The third-order valence-corrected chi connectivity index (χ3v) is 3.31. The molecule has 0 saturated carbocycles. The smallest absolute Gasteiger partial charge is 0.254 e. The Morgan fingerprint density at radius 1 is 1.43 bits per heavy atom. The Kier molecular flexibility index (Phi) is 7.15. The number of methoxy groups -OCH3 is 1. The van der Waals surface area contributed by atoms with Crippen LogP contribution in [0, 0.1) is 17.7 Å². The van der Waals surface area contributed by atoms with E-state index in [1.165, 1.54) is 19.2 Å². The average molecular weight is 297 g/mol. The van der Waals surface area contributed by atoms with Crippen molar-refractivity contribution in [2.24, 2.45) is 11.8 Å². The maximum atomic E-state index is 13.8. The van der Waals surface area contributed by atoms with Gasteiger partial charge in [-0.3, -0.25) is 4.79 Å². The topological polar surface area (TPSA) is 58.6 Å². The lowest BCUT2D eigenvalue weighted by Crippen LogP contribution is -2.31. The van der Waals surface area contributed by atoms with Gasteiger partial charge >= 0.3 is 0 Å². The number of amides is 1. The van der Waals surface area contributed by atoms with E-state index in [2.05, 4.69) is 19.2 Å². The first kappa shape index (κ1) is 17.4. The molecule has 0 aliphatic rings. The Bertz CT molecular complexity index is 463. The van der Waals surface area contributed by atoms with Gasteiger partial charge in [0.05, 0.1) is 12.7 Å². The number of hydrogen-bond acceptors (Lipinski definition) is 3. The van der Waals surface area contributed by atoms with Crippen LogP contribution in [0.15, 0.2) is 18.2 Å². The fraction of sp³-hybridized carbons (Fsp3) is 0.562. The molecule has 0 fully saturated rings. The summed E-state index contributed by atoms with van der Waals surface area (Å²) in [7, 11) is 1.44. The van der Waals surface area contributed by atoms with Crippen molar-refractivity contribution < 1.29 is 19.0 Å². The summed E-state index contributed by atoms with van der Waals surface area (Å²) >= 11 is 0. The quantitative estimate of drug-likeness (QED) is 0.775. The highest BCUT2D eigenvalue weighted by atomic mass is 19.1. The van der Waals surface area contributed by atoms with Crippen molar-refractivity contribution in [3.8, 4) is 5.75 Å². The summed E-state index contributed by atoms with van der Waals surface area (Å²) in [4.78, 5) is 12.0. The fourth-order valence-corrected chi connectivity index (χ4v) is 2.29. The first-order valence-electron chi connectivity index (χ1n) is 7.20. The molecule has 0 aliphatic carbocycles. The molecule has 1 rings (SSSR count). The van der Waals surface area contributed by atoms with E-state index >= 15 is 0 Å². The normalized spacial score (nSPS) is 12.3. The van der Waals surface area contributed by atoms with Gasteiger partial charge in [0.2, 0.25) is 0 Å². The van der Waals surface area contributed by atoms with Crippen molar-refractivity contribution in [2.45, 2.75) is 26.7 Å². The van der Waals surface area contributed by atoms with Crippen LogP contribution in [0.25, 0.3) is 0 Å². The summed E-state index contributed by atoms with van der Waals surface area (Å²) in [6.07, 6.45) is 1.54. The molecule has 0 saturated heterocycles. The molecule has 1 aromatic rings. The number of carbonyl (C=O) groups excluding carboxylic acids is 1. The number of rotatable bonds is 8. The van der Waals surface area contributed by atoms with Crippen molar-refractivity contribution in [1.29, 1.82) is 0 Å². The second-order valence-electron chi connectivity index (χ2n) is 5.56. The molecule has 1 unspecified atom stereocenters. The van der Waals surface area contributed by atoms with Gasteiger partial charge in [0, 0.05) is 19.2 Å². The first-order valence-corrected chi connectivity index (χ1v) is 7.20. The van der Waals surface area contributed by atoms with E-state index in [0.717, 1.165) is 6.42 Å². The van der Waals surface area contributed by atoms with Crippen molar-refractivity contribution >= 4 is 5.91 Å². The number of aliphatic hydroxyl groups excluding tert-OH is 1. The lowest BCUT2D eigenvalue weighted by Gasteiger charge is -2.18. The number of carbonyl (C=O) groups is 1. The summed E-state index contributed by atoms with van der Waals surface area (Å²) in [5.41, 5.74) is 0.00287. The summed E-state index contributed by atoms with van der Waals surface area (Å²) in [5.74, 6) is 0.00900. The van der Waals surface area contributed by atoms with Gasteiger partial charge in [0.15, 0.2) is 0 Å². The SMILES string of the molecule is COc1ccc(C(=O)NCC(CCO)CC(C)C)c(F)c1. The Balaban J connectivity index is 2.63. The molecule has 1 atom stereocenters. The van der Waals surface area contributed by atoms with Crippen LogP contribution in [0.5, 0.6) is 5.75 Å². The number of halogens is 1. The molecule has 4 nitrogen and oxygen atoms in total. The Morgan fingerprint density at radius 2 is 2.14 bits per heavy atom. The maximum absolute atomic E-state index is 13.8. The number of nitrogens with one attached hydrogen (secondary N) is 1. The van der Waals surface area contributed by atoms with Gasteiger partial charge in [-0.2, -0.15) is 0 Å². The van der Waals surface area contributed by atoms with E-state index in [-0.39, 0.29) is 18.1 Å². The molecule has 0 spiro atoms. The second kappa shape index (κ2) is 8.62. The third-order valence-electron chi connectivity index (χ3n) is 3.31. The number of benzene rings is 1. The zero-order chi connectivity index (χ0) is 15.8. The zero-order valence-electron chi connectivity index (χ0n) is 12.9. The molecule has 1 amide bonds. The molecule has 0 bridgehead atoms. The number of ether oxygens (including phenoxy) is 1. The second-order valence-corrected chi connectivity index (χ2v) is 5.56. The highest BCUT2D eigenvalue weighted by molar-refractivity contribution is 5.94. The molecule has 0 aliphatic heterocycles. The van der Waals surface area contributed by atoms with E-state index in [9.17, 15) is 9.18 Å². The Hall–Kier alpha value is -1.62. The van der Waals surface area contributed by atoms with Crippen molar-refractivity contribution in [3.05, 3.63) is 29.6 Å². The van der Waals surface area contributed by atoms with E-state index < -0.39 is 11.7 Å². The minimum absolute atomic E-state index is 0.00287. The summed E-state index contributed by atoms with van der Waals surface area (Å²) in [6, 6.07) is 4.15. The van der Waals surface area contributed by atoms with Gasteiger partial charge in [-0.05, 0) is 36.8 Å². The van der Waals surface area contributed by atoms with E-state index in [4.69, 9.17) is 9.84 Å². The lowest BCUT2D eigenvalue weighted by atomic mass is 9.94. The lowest BCUT2D eigenvalue weighted by molar-refractivity contribution is 0.0937. The Morgan fingerprint density at radius 3 is 2.67 bits per heavy atom. The van der Waals surface area contributed by atoms with Crippen LogP contribution in [0.3, 0.4) is 0 Å². The van der Waals surface area contributed by atoms with E-state index in [1.54, 1.807) is 6.07 Å². The first-order chi connectivity index (χ1) is 9.97. The highest BCUT2D eigenvalue weighted by Gasteiger charge is 2.15. The molecule has 2 N–H and O–H groups in total. The molecule has 0 aromatic heterocycles. The van der Waals surface area contributed by atoms with Crippen LogP contribution in [0.1, 0.15) is 37.0 Å². The predicted octanol–water partition coefficient (Wildman–Crippen LogP) is 2.61. The van der Waals surface area contributed by atoms with Crippen LogP contribution in [0.2, 0.25) is 0 Å². The highest BCUT2D eigenvalue weighted by Crippen LogP contribution is 2.17. The van der Waals surface area contributed by atoms with Crippen LogP contribution in [-0.4, -0.2) is 31.3 Å². The molecule has 21 heavy (non-hydrogen) atoms. The van der Waals surface area contributed by atoms with E-state index in [0.29, 0.717) is 24.6 Å². The van der Waals surface area contributed by atoms with Gasteiger partial charge in [-0.1, -0.05) is 13.8 Å². The Labute approximate surface area is 125 Å². The molecule has 5 heteroatoms. The van der Waals surface area contributed by atoms with Crippen LogP contribution < -0.4 is 10.1 Å².